The molecule has 0 saturated heterocycles. The molecule has 20 heavy (non-hydrogen) atoms. The molecule has 4 heteroatoms. The number of fused-ring (bicyclic) bond motifs is 1. The zero-order chi connectivity index (χ0) is 13.9. The van der Waals surface area contributed by atoms with Crippen molar-refractivity contribution < 1.29 is 4.79 Å². The summed E-state index contributed by atoms with van der Waals surface area (Å²) in [5.41, 5.74) is 2.32. The summed E-state index contributed by atoms with van der Waals surface area (Å²) >= 11 is 0. The van der Waals surface area contributed by atoms with Crippen LogP contribution < -0.4 is 10.2 Å². The van der Waals surface area contributed by atoms with Crippen LogP contribution in [0.15, 0.2) is 48.7 Å². The standard InChI is InChI=1S/C16H17N3O/c1-19(14-8-4-5-10-17-14)16(20)15-13-7-3-2-6-12(13)9-11-18-15/h2-8,10,15,18H,9,11H2,1H3. The Balaban J connectivity index is 1.89. The van der Waals surface area contributed by atoms with Gasteiger partial charge in [-0.2, -0.15) is 0 Å². The van der Waals surface area contributed by atoms with E-state index in [4.69, 9.17) is 0 Å². The number of hydrogen-bond acceptors (Lipinski definition) is 3. The molecular formula is C16H17N3O. The number of hydrogen-bond donors (Lipinski definition) is 1. The lowest BCUT2D eigenvalue weighted by molar-refractivity contribution is -0.120. The third-order valence-electron chi connectivity index (χ3n) is 3.68. The minimum Gasteiger partial charge on any atom is -0.302 e. The summed E-state index contributed by atoms with van der Waals surface area (Å²) in [4.78, 5) is 18.5. The quantitative estimate of drug-likeness (QED) is 0.904. The van der Waals surface area contributed by atoms with E-state index in [2.05, 4.69) is 16.4 Å². The first kappa shape index (κ1) is 12.8. The summed E-state index contributed by atoms with van der Waals surface area (Å²) in [6, 6.07) is 13.4. The Labute approximate surface area is 118 Å². The second kappa shape index (κ2) is 5.43. The minimum absolute atomic E-state index is 0.0239. The minimum atomic E-state index is -0.285. The van der Waals surface area contributed by atoms with Crippen LogP contribution in [0.1, 0.15) is 17.2 Å². The highest BCUT2D eigenvalue weighted by Gasteiger charge is 2.28. The number of carbonyl (C=O) groups excluding carboxylic acids is 1. The molecule has 3 rings (SSSR count). The van der Waals surface area contributed by atoms with Gasteiger partial charge in [0.05, 0.1) is 0 Å². The molecule has 1 N–H and O–H groups in total. The van der Waals surface area contributed by atoms with Gasteiger partial charge >= 0.3 is 0 Å². The summed E-state index contributed by atoms with van der Waals surface area (Å²) < 4.78 is 0. The molecule has 4 nitrogen and oxygen atoms in total. The van der Waals surface area contributed by atoms with Crippen molar-refractivity contribution in [2.24, 2.45) is 0 Å². The van der Waals surface area contributed by atoms with Crippen LogP contribution in [0.25, 0.3) is 0 Å². The average Bonchev–Trinajstić information content (AvgIpc) is 2.54. The van der Waals surface area contributed by atoms with Crippen molar-refractivity contribution >= 4 is 11.7 Å². The monoisotopic (exact) mass is 267 g/mol. The predicted octanol–water partition coefficient (Wildman–Crippen LogP) is 1.93. The van der Waals surface area contributed by atoms with Crippen molar-refractivity contribution in [3.63, 3.8) is 0 Å². The molecule has 1 aromatic heterocycles. The lowest BCUT2D eigenvalue weighted by atomic mass is 9.93. The largest absolute Gasteiger partial charge is 0.302 e. The number of benzene rings is 1. The predicted molar refractivity (Wildman–Crippen MR) is 78.5 cm³/mol. The Morgan fingerprint density at radius 2 is 2.05 bits per heavy atom. The molecule has 0 radical (unpaired) electrons. The van der Waals surface area contributed by atoms with Gasteiger partial charge in [-0.3, -0.25) is 9.69 Å². The van der Waals surface area contributed by atoms with Gasteiger partial charge in [-0.05, 0) is 29.7 Å². The molecule has 0 bridgehead atoms. The van der Waals surface area contributed by atoms with Gasteiger partial charge in [0, 0.05) is 19.8 Å². The molecule has 1 atom stereocenters. The van der Waals surface area contributed by atoms with E-state index in [1.807, 2.05) is 36.4 Å². The van der Waals surface area contributed by atoms with Crippen molar-refractivity contribution in [2.45, 2.75) is 12.5 Å². The Bertz CT molecular complexity index is 612. The van der Waals surface area contributed by atoms with Crippen LogP contribution in [-0.2, 0) is 11.2 Å². The summed E-state index contributed by atoms with van der Waals surface area (Å²) in [5.74, 6) is 0.693. The van der Waals surface area contributed by atoms with Gasteiger partial charge < -0.3 is 5.32 Å². The molecule has 0 fully saturated rings. The van der Waals surface area contributed by atoms with Gasteiger partial charge in [0.15, 0.2) is 0 Å². The fourth-order valence-electron chi connectivity index (χ4n) is 2.58. The fourth-order valence-corrected chi connectivity index (χ4v) is 2.58. The number of nitrogens with one attached hydrogen (secondary N) is 1. The Morgan fingerprint density at radius 1 is 1.25 bits per heavy atom. The molecule has 1 aliphatic rings. The first-order valence-corrected chi connectivity index (χ1v) is 6.77. The van der Waals surface area contributed by atoms with E-state index in [1.165, 1.54) is 5.56 Å². The SMILES string of the molecule is CN(C(=O)C1NCCc2ccccc21)c1ccccn1. The number of aromatic nitrogens is 1. The number of pyridine rings is 1. The Kier molecular flexibility index (Phi) is 3.48. The van der Waals surface area contributed by atoms with Crippen molar-refractivity contribution in [3.05, 3.63) is 59.8 Å². The molecule has 1 aliphatic heterocycles. The molecule has 0 spiro atoms. The zero-order valence-electron chi connectivity index (χ0n) is 11.4. The maximum atomic E-state index is 12.7. The lowest BCUT2D eigenvalue weighted by Crippen LogP contribution is -2.42. The van der Waals surface area contributed by atoms with Crippen LogP contribution in [0.5, 0.6) is 0 Å². The molecule has 2 aromatic rings. The van der Waals surface area contributed by atoms with E-state index in [-0.39, 0.29) is 11.9 Å². The number of rotatable bonds is 2. The second-order valence-corrected chi connectivity index (χ2v) is 4.92. The van der Waals surface area contributed by atoms with Crippen LogP contribution in [0.3, 0.4) is 0 Å². The molecule has 1 aromatic carbocycles. The molecule has 0 aliphatic carbocycles. The number of likely N-dealkylation sites (N-methyl/N-ethyl adjacent to an activating group) is 1. The van der Waals surface area contributed by atoms with E-state index < -0.39 is 0 Å². The first-order chi connectivity index (χ1) is 9.77. The molecule has 0 saturated carbocycles. The molecule has 2 heterocycles. The van der Waals surface area contributed by atoms with Crippen LogP contribution in [0.4, 0.5) is 5.82 Å². The zero-order valence-corrected chi connectivity index (χ0v) is 11.4. The number of anilines is 1. The van der Waals surface area contributed by atoms with E-state index in [0.29, 0.717) is 5.82 Å². The summed E-state index contributed by atoms with van der Waals surface area (Å²) in [7, 11) is 1.77. The molecular weight excluding hydrogens is 250 g/mol. The number of amides is 1. The average molecular weight is 267 g/mol. The normalized spacial score (nSPS) is 17.4. The van der Waals surface area contributed by atoms with Crippen LogP contribution in [-0.4, -0.2) is 24.5 Å². The number of carbonyl (C=O) groups is 1. The summed E-state index contributed by atoms with van der Waals surface area (Å²) in [6.45, 7) is 0.823. The van der Waals surface area contributed by atoms with Crippen molar-refractivity contribution in [1.82, 2.24) is 10.3 Å². The van der Waals surface area contributed by atoms with E-state index in [1.54, 1.807) is 18.1 Å². The van der Waals surface area contributed by atoms with Crippen molar-refractivity contribution in [2.75, 3.05) is 18.5 Å². The molecule has 102 valence electrons. The maximum absolute atomic E-state index is 12.7. The van der Waals surface area contributed by atoms with Gasteiger partial charge in [0.2, 0.25) is 5.91 Å². The van der Waals surface area contributed by atoms with E-state index >= 15 is 0 Å². The van der Waals surface area contributed by atoms with E-state index in [0.717, 1.165) is 18.5 Å². The second-order valence-electron chi connectivity index (χ2n) is 4.92. The third kappa shape index (κ3) is 2.30. The van der Waals surface area contributed by atoms with Crippen molar-refractivity contribution in [1.29, 1.82) is 0 Å². The van der Waals surface area contributed by atoms with Crippen LogP contribution in [0.2, 0.25) is 0 Å². The van der Waals surface area contributed by atoms with Crippen LogP contribution >= 0.6 is 0 Å². The van der Waals surface area contributed by atoms with Gasteiger partial charge in [-0.15, -0.1) is 0 Å². The van der Waals surface area contributed by atoms with Gasteiger partial charge in [-0.25, -0.2) is 4.98 Å². The molecule has 1 amide bonds. The van der Waals surface area contributed by atoms with Gasteiger partial charge in [-0.1, -0.05) is 30.3 Å². The summed E-state index contributed by atoms with van der Waals surface area (Å²) in [6.07, 6.45) is 2.66. The topological polar surface area (TPSA) is 45.2 Å². The van der Waals surface area contributed by atoms with Gasteiger partial charge in [0.25, 0.3) is 0 Å². The van der Waals surface area contributed by atoms with Crippen LogP contribution in [0, 0.1) is 0 Å². The highest BCUT2D eigenvalue weighted by molar-refractivity contribution is 5.96. The first-order valence-electron chi connectivity index (χ1n) is 6.77. The Hall–Kier alpha value is -2.20. The lowest BCUT2D eigenvalue weighted by Gasteiger charge is -2.29. The maximum Gasteiger partial charge on any atom is 0.249 e. The van der Waals surface area contributed by atoms with E-state index in [9.17, 15) is 4.79 Å². The van der Waals surface area contributed by atoms with Crippen molar-refractivity contribution in [3.8, 4) is 0 Å². The highest BCUT2D eigenvalue weighted by Crippen LogP contribution is 2.25. The fraction of sp³-hybridized carbons (Fsp3) is 0.250. The third-order valence-corrected chi connectivity index (χ3v) is 3.68. The number of nitrogens with zero attached hydrogens (tertiary/aromatic N) is 2. The highest BCUT2D eigenvalue weighted by atomic mass is 16.2. The summed E-state index contributed by atoms with van der Waals surface area (Å²) in [5, 5.41) is 3.31. The molecule has 1 unspecified atom stereocenters. The smallest absolute Gasteiger partial charge is 0.249 e. The van der Waals surface area contributed by atoms with Gasteiger partial charge in [0.1, 0.15) is 11.9 Å². The Morgan fingerprint density at radius 3 is 2.85 bits per heavy atom.